The number of amidine groups is 1. The maximum atomic E-state index is 4.78. The van der Waals surface area contributed by atoms with E-state index in [1.54, 1.807) is 10.8 Å². The molecule has 6 heteroatoms. The molecule has 0 bridgehead atoms. The lowest BCUT2D eigenvalue weighted by atomic mass is 10.2. The van der Waals surface area contributed by atoms with E-state index in [0.717, 1.165) is 24.3 Å². The highest BCUT2D eigenvalue weighted by Gasteiger charge is 2.29. The fourth-order valence-electron chi connectivity index (χ4n) is 2.21. The molecule has 0 aromatic heterocycles. The van der Waals surface area contributed by atoms with Crippen molar-refractivity contribution in [3.8, 4) is 0 Å². The fourth-order valence-corrected chi connectivity index (χ4v) is 4.81. The Kier molecular flexibility index (Phi) is 5.24. The molecule has 2 atom stereocenters. The summed E-state index contributed by atoms with van der Waals surface area (Å²) in [6.07, 6.45) is 1.25. The van der Waals surface area contributed by atoms with Crippen LogP contribution in [0.2, 0.25) is 0 Å². The predicted molar refractivity (Wildman–Crippen MR) is 83.0 cm³/mol. The Labute approximate surface area is 119 Å². The van der Waals surface area contributed by atoms with Gasteiger partial charge >= 0.3 is 0 Å². The van der Waals surface area contributed by atoms with Crippen LogP contribution in [0.3, 0.4) is 0 Å². The van der Waals surface area contributed by atoms with Crippen LogP contribution in [0.15, 0.2) is 4.99 Å². The lowest BCUT2D eigenvalue weighted by Gasteiger charge is -2.38. The van der Waals surface area contributed by atoms with Crippen LogP contribution in [-0.2, 0) is 0 Å². The van der Waals surface area contributed by atoms with Crippen LogP contribution in [-0.4, -0.2) is 71.7 Å². The van der Waals surface area contributed by atoms with Crippen molar-refractivity contribution >= 4 is 26.8 Å². The summed E-state index contributed by atoms with van der Waals surface area (Å²) in [5, 5.41) is 1.15. The van der Waals surface area contributed by atoms with E-state index in [0.29, 0.717) is 5.50 Å². The summed E-state index contributed by atoms with van der Waals surface area (Å²) in [7, 11) is 7.81. The molecule has 2 aliphatic rings. The number of piperazine rings is 1. The monoisotopic (exact) mass is 288 g/mol. The second-order valence-electron chi connectivity index (χ2n) is 5.14. The molecule has 0 aromatic rings. The first kappa shape index (κ1) is 14.5. The van der Waals surface area contributed by atoms with E-state index < -0.39 is 0 Å². The van der Waals surface area contributed by atoms with Gasteiger partial charge in [-0.05, 0) is 34.9 Å². The van der Waals surface area contributed by atoms with Gasteiger partial charge in [-0.25, -0.2) is 4.99 Å². The van der Waals surface area contributed by atoms with Gasteiger partial charge < -0.3 is 4.90 Å². The second-order valence-corrected chi connectivity index (χ2v) is 7.36. The minimum atomic E-state index is 0.325. The van der Waals surface area contributed by atoms with Gasteiger partial charge in [-0.2, -0.15) is 0 Å². The van der Waals surface area contributed by atoms with Crippen LogP contribution >= 0.6 is 21.6 Å². The zero-order valence-corrected chi connectivity index (χ0v) is 13.4. The van der Waals surface area contributed by atoms with Crippen LogP contribution in [0.4, 0.5) is 0 Å². The van der Waals surface area contributed by atoms with Gasteiger partial charge in [-0.15, -0.1) is 0 Å². The van der Waals surface area contributed by atoms with E-state index >= 15 is 0 Å². The molecule has 18 heavy (non-hydrogen) atoms. The number of hydrogen-bond acceptors (Lipinski definition) is 6. The lowest BCUT2D eigenvalue weighted by Crippen LogP contribution is -2.51. The molecule has 0 amide bonds. The molecule has 4 nitrogen and oxygen atoms in total. The first-order chi connectivity index (χ1) is 8.61. The predicted octanol–water partition coefficient (Wildman–Crippen LogP) is 2.00. The van der Waals surface area contributed by atoms with Gasteiger partial charge in [0.25, 0.3) is 0 Å². The van der Waals surface area contributed by atoms with Gasteiger partial charge in [-0.3, -0.25) is 9.80 Å². The molecular formula is C12H24N4S2. The van der Waals surface area contributed by atoms with E-state index in [-0.39, 0.29) is 0 Å². The largest absolute Gasteiger partial charge is 0.357 e. The molecule has 1 saturated heterocycles. The van der Waals surface area contributed by atoms with Crippen LogP contribution in [0, 0.1) is 0 Å². The average Bonchev–Trinajstić information content (AvgIpc) is 2.88. The van der Waals surface area contributed by atoms with Gasteiger partial charge in [-0.1, -0.05) is 6.92 Å². The molecule has 0 aromatic carbocycles. The second kappa shape index (κ2) is 6.50. The molecule has 0 radical (unpaired) electrons. The Hall–Kier alpha value is 0.0900. The highest BCUT2D eigenvalue weighted by Crippen LogP contribution is 2.38. The van der Waals surface area contributed by atoms with E-state index in [2.05, 4.69) is 42.6 Å². The third-order valence-electron chi connectivity index (χ3n) is 3.69. The molecule has 104 valence electrons. The van der Waals surface area contributed by atoms with E-state index in [9.17, 15) is 0 Å². The van der Waals surface area contributed by atoms with Crippen molar-refractivity contribution in [1.29, 1.82) is 0 Å². The number of aliphatic imine (C=N–C) groups is 1. The highest BCUT2D eigenvalue weighted by molar-refractivity contribution is 8.82. The van der Waals surface area contributed by atoms with Crippen molar-refractivity contribution in [2.24, 2.45) is 4.99 Å². The minimum absolute atomic E-state index is 0.325. The minimum Gasteiger partial charge on any atom is -0.357 e. The third-order valence-corrected chi connectivity index (χ3v) is 6.23. The smallest absolute Gasteiger partial charge is 0.172 e. The van der Waals surface area contributed by atoms with Crippen molar-refractivity contribution in [1.82, 2.24) is 14.7 Å². The van der Waals surface area contributed by atoms with E-state index in [4.69, 9.17) is 4.99 Å². The Morgan fingerprint density at radius 3 is 2.50 bits per heavy atom. The van der Waals surface area contributed by atoms with Gasteiger partial charge in [0.05, 0.1) is 0 Å². The van der Waals surface area contributed by atoms with Gasteiger partial charge in [0.2, 0.25) is 0 Å². The topological polar surface area (TPSA) is 22.1 Å². The van der Waals surface area contributed by atoms with Gasteiger partial charge in [0, 0.05) is 46.3 Å². The Balaban J connectivity index is 1.84. The first-order valence-electron chi connectivity index (χ1n) is 6.68. The SMILES string of the molecule is CCC(C)N1CCN(C2N=C(N(C)C)SS2)CC1. The number of nitrogens with zero attached hydrogens (tertiary/aromatic N) is 4. The van der Waals surface area contributed by atoms with Crippen molar-refractivity contribution < 1.29 is 0 Å². The van der Waals surface area contributed by atoms with Crippen LogP contribution < -0.4 is 0 Å². The van der Waals surface area contributed by atoms with Crippen molar-refractivity contribution in [3.63, 3.8) is 0 Å². The standard InChI is InChI=1S/C12H24N4S2/c1-5-10(2)15-6-8-16(9-7-15)12-13-11(14(3)4)17-18-12/h10,12H,5-9H2,1-4H3. The Morgan fingerprint density at radius 1 is 1.33 bits per heavy atom. The molecule has 0 spiro atoms. The van der Waals surface area contributed by atoms with Crippen LogP contribution in [0.25, 0.3) is 0 Å². The van der Waals surface area contributed by atoms with Gasteiger partial charge in [0.1, 0.15) is 0 Å². The van der Waals surface area contributed by atoms with Crippen LogP contribution in [0.1, 0.15) is 20.3 Å². The van der Waals surface area contributed by atoms with Crippen molar-refractivity contribution in [2.45, 2.75) is 31.8 Å². The maximum Gasteiger partial charge on any atom is 0.172 e. The summed E-state index contributed by atoms with van der Waals surface area (Å²) < 4.78 is 0. The molecule has 2 unspecified atom stereocenters. The Morgan fingerprint density at radius 2 is 2.00 bits per heavy atom. The zero-order valence-electron chi connectivity index (χ0n) is 11.8. The Bertz CT molecular complexity index is 300. The quantitative estimate of drug-likeness (QED) is 0.739. The van der Waals surface area contributed by atoms with E-state index in [1.165, 1.54) is 19.5 Å². The highest BCUT2D eigenvalue weighted by atomic mass is 33.1. The summed E-state index contributed by atoms with van der Waals surface area (Å²) in [6.45, 7) is 9.26. The molecule has 2 rings (SSSR count). The molecule has 0 saturated carbocycles. The molecule has 0 N–H and O–H groups in total. The number of hydrogen-bond donors (Lipinski definition) is 0. The fraction of sp³-hybridized carbons (Fsp3) is 0.917. The number of rotatable bonds is 3. The lowest BCUT2D eigenvalue weighted by molar-refractivity contribution is 0.0960. The normalized spacial score (nSPS) is 28.2. The molecule has 0 aliphatic carbocycles. The third kappa shape index (κ3) is 3.35. The van der Waals surface area contributed by atoms with Crippen molar-refractivity contribution in [2.75, 3.05) is 40.3 Å². The summed E-state index contributed by atoms with van der Waals surface area (Å²) in [5.74, 6) is 0. The molecule has 2 heterocycles. The molecule has 2 aliphatic heterocycles. The summed E-state index contributed by atoms with van der Waals surface area (Å²) in [4.78, 5) is 12.0. The molecule has 1 fully saturated rings. The summed E-state index contributed by atoms with van der Waals surface area (Å²) >= 11 is 0. The van der Waals surface area contributed by atoms with Gasteiger partial charge in [0.15, 0.2) is 10.7 Å². The maximum absolute atomic E-state index is 4.78. The average molecular weight is 288 g/mol. The van der Waals surface area contributed by atoms with Crippen LogP contribution in [0.5, 0.6) is 0 Å². The van der Waals surface area contributed by atoms with E-state index in [1.807, 2.05) is 10.8 Å². The van der Waals surface area contributed by atoms with Crippen molar-refractivity contribution in [3.05, 3.63) is 0 Å². The zero-order chi connectivity index (χ0) is 13.1. The first-order valence-corrected chi connectivity index (χ1v) is 8.89. The summed E-state index contributed by atoms with van der Waals surface area (Å²) in [5.41, 5.74) is 0.325. The molecular weight excluding hydrogens is 264 g/mol. The summed E-state index contributed by atoms with van der Waals surface area (Å²) in [6, 6.07) is 0.721.